The molecule has 92 valence electrons. The highest BCUT2D eigenvalue weighted by atomic mass is 32.2. The van der Waals surface area contributed by atoms with Crippen LogP contribution in [0.4, 0.5) is 0 Å². The fourth-order valence-electron chi connectivity index (χ4n) is 1.07. The van der Waals surface area contributed by atoms with Gasteiger partial charge in [0.25, 0.3) is 0 Å². The predicted octanol–water partition coefficient (Wildman–Crippen LogP) is 1.69. The van der Waals surface area contributed by atoms with Gasteiger partial charge in [0.1, 0.15) is 9.84 Å². The maximum atomic E-state index is 10.9. The summed E-state index contributed by atoms with van der Waals surface area (Å²) in [5.74, 6) is 0.905. The van der Waals surface area contributed by atoms with Gasteiger partial charge >= 0.3 is 0 Å². The van der Waals surface area contributed by atoms with E-state index in [4.69, 9.17) is 0 Å². The van der Waals surface area contributed by atoms with E-state index in [1.807, 2.05) is 0 Å². The molecule has 15 heavy (non-hydrogen) atoms. The lowest BCUT2D eigenvalue weighted by atomic mass is 9.81. The molecular formula is C11H25NO2S. The number of hydrogen-bond donors (Lipinski definition) is 1. The van der Waals surface area contributed by atoms with Gasteiger partial charge in [-0.1, -0.05) is 27.7 Å². The highest BCUT2D eigenvalue weighted by molar-refractivity contribution is 7.90. The lowest BCUT2D eigenvalue weighted by Crippen LogP contribution is -2.34. The third kappa shape index (κ3) is 7.79. The van der Waals surface area contributed by atoms with Gasteiger partial charge in [0.05, 0.1) is 5.75 Å². The first-order chi connectivity index (χ1) is 6.65. The quantitative estimate of drug-likeness (QED) is 0.683. The molecule has 0 aliphatic rings. The molecule has 0 amide bonds. The Morgan fingerprint density at radius 2 is 1.80 bits per heavy atom. The van der Waals surface area contributed by atoms with Crippen molar-refractivity contribution in [3.05, 3.63) is 0 Å². The Bertz CT molecular complexity index is 268. The molecule has 1 N–H and O–H groups in total. The fraction of sp³-hybridized carbons (Fsp3) is 1.00. The van der Waals surface area contributed by atoms with Crippen LogP contribution >= 0.6 is 0 Å². The third-order valence-corrected chi connectivity index (χ3v) is 4.04. The van der Waals surface area contributed by atoms with Crippen LogP contribution in [0.1, 0.15) is 34.1 Å². The zero-order valence-corrected chi connectivity index (χ0v) is 11.4. The van der Waals surface area contributed by atoms with Crippen LogP contribution in [-0.4, -0.2) is 33.5 Å². The topological polar surface area (TPSA) is 46.2 Å². The van der Waals surface area contributed by atoms with E-state index in [0.717, 1.165) is 13.1 Å². The Hall–Kier alpha value is -0.0900. The van der Waals surface area contributed by atoms with Crippen molar-refractivity contribution < 1.29 is 8.42 Å². The second kappa shape index (κ2) is 5.85. The van der Waals surface area contributed by atoms with Crippen molar-refractivity contribution in [2.24, 2.45) is 11.3 Å². The maximum absolute atomic E-state index is 10.9. The summed E-state index contributed by atoms with van der Waals surface area (Å²) < 4.78 is 21.7. The lowest BCUT2D eigenvalue weighted by molar-refractivity contribution is 0.239. The molecule has 0 aromatic heterocycles. The summed E-state index contributed by atoms with van der Waals surface area (Å²) in [5, 5.41) is 3.32. The fourth-order valence-corrected chi connectivity index (χ4v) is 1.74. The molecule has 3 nitrogen and oxygen atoms in total. The monoisotopic (exact) mass is 235 g/mol. The lowest BCUT2D eigenvalue weighted by Gasteiger charge is -2.29. The number of hydrogen-bond acceptors (Lipinski definition) is 3. The highest BCUT2D eigenvalue weighted by Crippen LogP contribution is 2.24. The summed E-state index contributed by atoms with van der Waals surface area (Å²) in [7, 11) is -2.80. The first kappa shape index (κ1) is 14.9. The largest absolute Gasteiger partial charge is 0.316 e. The highest BCUT2D eigenvalue weighted by Gasteiger charge is 2.21. The van der Waals surface area contributed by atoms with E-state index < -0.39 is 9.84 Å². The molecule has 0 fully saturated rings. The van der Waals surface area contributed by atoms with Crippen LogP contribution in [0, 0.1) is 11.3 Å². The van der Waals surface area contributed by atoms with Gasteiger partial charge in [-0.05, 0) is 24.3 Å². The number of sulfone groups is 1. The molecule has 0 radical (unpaired) electrons. The van der Waals surface area contributed by atoms with Crippen molar-refractivity contribution in [1.82, 2.24) is 5.32 Å². The van der Waals surface area contributed by atoms with Gasteiger partial charge in [-0.2, -0.15) is 0 Å². The van der Waals surface area contributed by atoms with Crippen molar-refractivity contribution in [2.75, 3.05) is 25.1 Å². The number of nitrogens with one attached hydrogen (secondary N) is 1. The van der Waals surface area contributed by atoms with Crippen molar-refractivity contribution in [2.45, 2.75) is 34.1 Å². The SMILES string of the molecule is CC(C)C(C)(C)CNCCCS(C)(=O)=O. The van der Waals surface area contributed by atoms with E-state index in [1.54, 1.807) is 0 Å². The number of rotatable bonds is 7. The summed E-state index contributed by atoms with van der Waals surface area (Å²) in [6, 6.07) is 0. The third-order valence-electron chi connectivity index (χ3n) is 3.01. The normalized spacial score (nSPS) is 13.5. The molecule has 0 bridgehead atoms. The zero-order chi connectivity index (χ0) is 12.1. The van der Waals surface area contributed by atoms with Gasteiger partial charge in [-0.15, -0.1) is 0 Å². The molecule has 0 spiro atoms. The van der Waals surface area contributed by atoms with Crippen LogP contribution < -0.4 is 5.32 Å². The first-order valence-corrected chi connectivity index (χ1v) is 7.59. The predicted molar refractivity (Wildman–Crippen MR) is 65.8 cm³/mol. The molecule has 0 saturated heterocycles. The van der Waals surface area contributed by atoms with Gasteiger partial charge in [-0.25, -0.2) is 8.42 Å². The van der Waals surface area contributed by atoms with Crippen LogP contribution in [-0.2, 0) is 9.84 Å². The molecule has 0 aromatic carbocycles. The van der Waals surface area contributed by atoms with Gasteiger partial charge < -0.3 is 5.32 Å². The average molecular weight is 235 g/mol. The Balaban J connectivity index is 3.64. The molecule has 0 atom stereocenters. The van der Waals surface area contributed by atoms with Crippen molar-refractivity contribution >= 4 is 9.84 Å². The molecule has 0 saturated carbocycles. The van der Waals surface area contributed by atoms with E-state index in [1.165, 1.54) is 6.26 Å². The molecule has 4 heteroatoms. The Morgan fingerprint density at radius 3 is 2.20 bits per heavy atom. The summed E-state index contributed by atoms with van der Waals surface area (Å²) in [4.78, 5) is 0. The molecular weight excluding hydrogens is 210 g/mol. The molecule has 0 aromatic rings. The van der Waals surface area contributed by atoms with Crippen LogP contribution in [0.3, 0.4) is 0 Å². The Labute approximate surface area is 94.6 Å². The van der Waals surface area contributed by atoms with Crippen LogP contribution in [0.2, 0.25) is 0 Å². The van der Waals surface area contributed by atoms with E-state index in [-0.39, 0.29) is 11.2 Å². The minimum Gasteiger partial charge on any atom is -0.316 e. The van der Waals surface area contributed by atoms with Crippen molar-refractivity contribution in [1.29, 1.82) is 0 Å². The molecule has 0 heterocycles. The maximum Gasteiger partial charge on any atom is 0.147 e. The summed E-state index contributed by atoms with van der Waals surface area (Å²) >= 11 is 0. The van der Waals surface area contributed by atoms with Crippen molar-refractivity contribution in [3.8, 4) is 0 Å². The zero-order valence-electron chi connectivity index (χ0n) is 10.6. The van der Waals surface area contributed by atoms with Crippen molar-refractivity contribution in [3.63, 3.8) is 0 Å². The summed E-state index contributed by atoms with van der Waals surface area (Å²) in [5.41, 5.74) is 0.269. The van der Waals surface area contributed by atoms with E-state index in [9.17, 15) is 8.42 Å². The Kier molecular flexibility index (Phi) is 5.81. The van der Waals surface area contributed by atoms with E-state index in [0.29, 0.717) is 12.3 Å². The van der Waals surface area contributed by atoms with Crippen LogP contribution in [0.25, 0.3) is 0 Å². The molecule has 0 aliphatic heterocycles. The smallest absolute Gasteiger partial charge is 0.147 e. The first-order valence-electron chi connectivity index (χ1n) is 5.53. The summed E-state index contributed by atoms with van der Waals surface area (Å²) in [6.45, 7) is 10.6. The van der Waals surface area contributed by atoms with Gasteiger partial charge in [-0.3, -0.25) is 0 Å². The molecule has 0 unspecified atom stereocenters. The Morgan fingerprint density at radius 1 is 1.27 bits per heavy atom. The van der Waals surface area contributed by atoms with E-state index in [2.05, 4.69) is 33.0 Å². The van der Waals surface area contributed by atoms with Crippen LogP contribution in [0.5, 0.6) is 0 Å². The standard InChI is InChI=1S/C11H25NO2S/c1-10(2)11(3,4)9-12-7-6-8-15(5,13)14/h10,12H,6-9H2,1-5H3. The average Bonchev–Trinajstić information content (AvgIpc) is 2.00. The summed E-state index contributed by atoms with van der Waals surface area (Å²) in [6.07, 6.45) is 1.98. The van der Waals surface area contributed by atoms with E-state index >= 15 is 0 Å². The van der Waals surface area contributed by atoms with Gasteiger partial charge in [0, 0.05) is 12.8 Å². The second-order valence-electron chi connectivity index (χ2n) is 5.30. The minimum atomic E-state index is -2.80. The van der Waals surface area contributed by atoms with Gasteiger partial charge in [0.2, 0.25) is 0 Å². The minimum absolute atomic E-state index is 0.269. The molecule has 0 rings (SSSR count). The second-order valence-corrected chi connectivity index (χ2v) is 7.56. The van der Waals surface area contributed by atoms with Crippen LogP contribution in [0.15, 0.2) is 0 Å². The molecule has 0 aliphatic carbocycles. The van der Waals surface area contributed by atoms with Gasteiger partial charge in [0.15, 0.2) is 0 Å².